The number of aromatic nitrogens is 2. The zero-order valence-corrected chi connectivity index (χ0v) is 10.1. The molecule has 0 unspecified atom stereocenters. The number of piperidine rings is 1. The molecule has 5 heteroatoms. The zero-order chi connectivity index (χ0) is 11.7. The fraction of sp³-hybridized carbons (Fsp3) is 0.750. The average molecular weight is 236 g/mol. The maximum atomic E-state index is 10.5. The lowest BCUT2D eigenvalue weighted by atomic mass is 9.91. The molecule has 5 nitrogen and oxygen atoms in total. The van der Waals surface area contributed by atoms with Gasteiger partial charge in [0.15, 0.2) is 0 Å². The van der Waals surface area contributed by atoms with E-state index in [4.69, 9.17) is 0 Å². The first-order chi connectivity index (χ1) is 8.25. The van der Waals surface area contributed by atoms with Gasteiger partial charge in [-0.25, -0.2) is 4.98 Å². The Morgan fingerprint density at radius 1 is 1.35 bits per heavy atom. The van der Waals surface area contributed by atoms with Crippen molar-refractivity contribution in [1.82, 2.24) is 19.8 Å². The van der Waals surface area contributed by atoms with Gasteiger partial charge in [0.1, 0.15) is 5.82 Å². The quantitative estimate of drug-likeness (QED) is 0.747. The highest BCUT2D eigenvalue weighted by atomic mass is 16.3. The van der Waals surface area contributed by atoms with E-state index in [-0.39, 0.29) is 0 Å². The van der Waals surface area contributed by atoms with E-state index in [9.17, 15) is 5.11 Å². The van der Waals surface area contributed by atoms with Crippen molar-refractivity contribution in [1.29, 1.82) is 0 Å². The predicted molar refractivity (Wildman–Crippen MR) is 64.6 cm³/mol. The van der Waals surface area contributed by atoms with Gasteiger partial charge in [-0.2, -0.15) is 0 Å². The maximum absolute atomic E-state index is 10.5. The summed E-state index contributed by atoms with van der Waals surface area (Å²) in [4.78, 5) is 6.68. The lowest BCUT2D eigenvalue weighted by Gasteiger charge is -2.38. The highest BCUT2D eigenvalue weighted by Crippen LogP contribution is 2.21. The lowest BCUT2D eigenvalue weighted by Crippen LogP contribution is -2.51. The molecule has 0 aromatic carbocycles. The first kappa shape index (κ1) is 11.2. The molecule has 0 saturated carbocycles. The van der Waals surface area contributed by atoms with Gasteiger partial charge in [0, 0.05) is 32.0 Å². The molecular weight excluding hydrogens is 216 g/mol. The fourth-order valence-electron chi connectivity index (χ4n) is 2.82. The normalized spacial score (nSPS) is 24.5. The van der Waals surface area contributed by atoms with E-state index >= 15 is 0 Å². The smallest absolute Gasteiger partial charge is 0.122 e. The van der Waals surface area contributed by atoms with Crippen LogP contribution in [-0.2, 0) is 13.1 Å². The van der Waals surface area contributed by atoms with Crippen LogP contribution >= 0.6 is 0 Å². The number of β-amino-alcohol motifs (C(OH)–C–C–N with tert-alkyl or cyclic N) is 1. The first-order valence-corrected chi connectivity index (χ1v) is 6.41. The Bertz CT molecular complexity index is 384. The van der Waals surface area contributed by atoms with Crippen molar-refractivity contribution >= 4 is 0 Å². The van der Waals surface area contributed by atoms with Crippen LogP contribution in [0.15, 0.2) is 12.4 Å². The van der Waals surface area contributed by atoms with Crippen LogP contribution in [0.3, 0.4) is 0 Å². The molecule has 0 spiro atoms. The number of nitrogens with zero attached hydrogens (tertiary/aromatic N) is 3. The van der Waals surface area contributed by atoms with Crippen molar-refractivity contribution in [2.24, 2.45) is 0 Å². The molecule has 2 aliphatic heterocycles. The second kappa shape index (κ2) is 4.40. The Morgan fingerprint density at radius 2 is 2.18 bits per heavy atom. The van der Waals surface area contributed by atoms with Crippen LogP contribution in [0.25, 0.3) is 0 Å². The Morgan fingerprint density at radius 3 is 3.00 bits per heavy atom. The van der Waals surface area contributed by atoms with E-state index in [0.29, 0.717) is 0 Å². The summed E-state index contributed by atoms with van der Waals surface area (Å²) in [5.41, 5.74) is -0.500. The molecule has 0 amide bonds. The van der Waals surface area contributed by atoms with E-state index in [1.165, 1.54) is 0 Å². The Balaban J connectivity index is 1.63. The number of fused-ring (bicyclic) bond motifs is 1. The summed E-state index contributed by atoms with van der Waals surface area (Å²) >= 11 is 0. The minimum absolute atomic E-state index is 0.500. The summed E-state index contributed by atoms with van der Waals surface area (Å²) in [6.07, 6.45) is 5.61. The van der Waals surface area contributed by atoms with Crippen LogP contribution < -0.4 is 5.32 Å². The standard InChI is InChI=1S/C12H20N4O/c17-12(1-3-13-4-2-12)10-15-7-8-16-6-5-14-11(16)9-15/h5-6,13,17H,1-4,7-10H2. The van der Waals surface area contributed by atoms with Gasteiger partial charge < -0.3 is 15.0 Å². The molecule has 1 aromatic heterocycles. The third-order valence-corrected chi connectivity index (χ3v) is 3.88. The second-order valence-corrected chi connectivity index (χ2v) is 5.22. The van der Waals surface area contributed by atoms with Gasteiger partial charge in [-0.1, -0.05) is 0 Å². The van der Waals surface area contributed by atoms with Crippen molar-refractivity contribution in [3.05, 3.63) is 18.2 Å². The van der Waals surface area contributed by atoms with Crippen LogP contribution in [-0.4, -0.2) is 51.3 Å². The summed E-state index contributed by atoms with van der Waals surface area (Å²) < 4.78 is 2.20. The minimum Gasteiger partial charge on any atom is -0.388 e. The average Bonchev–Trinajstić information content (AvgIpc) is 2.76. The molecule has 3 rings (SSSR count). The molecule has 2 aliphatic rings. The molecule has 17 heavy (non-hydrogen) atoms. The summed E-state index contributed by atoms with van der Waals surface area (Å²) in [6, 6.07) is 0. The molecule has 1 fully saturated rings. The number of hydrogen-bond donors (Lipinski definition) is 2. The van der Waals surface area contributed by atoms with Crippen LogP contribution in [0, 0.1) is 0 Å². The second-order valence-electron chi connectivity index (χ2n) is 5.22. The Kier molecular flexibility index (Phi) is 2.90. The Labute approximate surface area is 101 Å². The van der Waals surface area contributed by atoms with Crippen molar-refractivity contribution in [3.8, 4) is 0 Å². The summed E-state index contributed by atoms with van der Waals surface area (Å²) in [5, 5.41) is 13.8. The lowest BCUT2D eigenvalue weighted by molar-refractivity contribution is -0.0268. The van der Waals surface area contributed by atoms with Gasteiger partial charge in [0.25, 0.3) is 0 Å². The monoisotopic (exact) mass is 236 g/mol. The number of imidazole rings is 1. The third-order valence-electron chi connectivity index (χ3n) is 3.88. The third kappa shape index (κ3) is 2.36. The topological polar surface area (TPSA) is 53.3 Å². The molecule has 3 heterocycles. The zero-order valence-electron chi connectivity index (χ0n) is 10.1. The van der Waals surface area contributed by atoms with Crippen LogP contribution in [0.2, 0.25) is 0 Å². The number of hydrogen-bond acceptors (Lipinski definition) is 4. The van der Waals surface area contributed by atoms with E-state index in [1.807, 2.05) is 12.4 Å². The molecule has 94 valence electrons. The van der Waals surface area contributed by atoms with Gasteiger partial charge in [-0.3, -0.25) is 4.90 Å². The van der Waals surface area contributed by atoms with Gasteiger partial charge in [-0.15, -0.1) is 0 Å². The van der Waals surface area contributed by atoms with Crippen molar-refractivity contribution in [2.75, 3.05) is 26.2 Å². The summed E-state index contributed by atoms with van der Waals surface area (Å²) in [5.74, 6) is 1.12. The molecule has 0 radical (unpaired) electrons. The van der Waals surface area contributed by atoms with Crippen LogP contribution in [0.5, 0.6) is 0 Å². The van der Waals surface area contributed by atoms with Crippen molar-refractivity contribution in [3.63, 3.8) is 0 Å². The van der Waals surface area contributed by atoms with Gasteiger partial charge in [-0.05, 0) is 25.9 Å². The fourth-order valence-corrected chi connectivity index (χ4v) is 2.82. The van der Waals surface area contributed by atoms with E-state index in [0.717, 1.165) is 57.9 Å². The molecule has 1 saturated heterocycles. The molecular formula is C12H20N4O. The highest BCUT2D eigenvalue weighted by molar-refractivity contribution is 4.97. The van der Waals surface area contributed by atoms with Crippen LogP contribution in [0.1, 0.15) is 18.7 Å². The molecule has 2 N–H and O–H groups in total. The van der Waals surface area contributed by atoms with Gasteiger partial charge in [0.2, 0.25) is 0 Å². The summed E-state index contributed by atoms with van der Waals surface area (Å²) in [7, 11) is 0. The first-order valence-electron chi connectivity index (χ1n) is 6.41. The molecule has 1 aromatic rings. The van der Waals surface area contributed by atoms with Gasteiger partial charge in [0.05, 0.1) is 12.1 Å². The molecule has 0 bridgehead atoms. The van der Waals surface area contributed by atoms with E-state index in [2.05, 4.69) is 19.8 Å². The number of rotatable bonds is 2. The maximum Gasteiger partial charge on any atom is 0.122 e. The minimum atomic E-state index is -0.500. The van der Waals surface area contributed by atoms with Crippen LogP contribution in [0.4, 0.5) is 0 Å². The SMILES string of the molecule is OC1(CN2CCn3ccnc3C2)CCNCC1. The highest BCUT2D eigenvalue weighted by Gasteiger charge is 2.32. The van der Waals surface area contributed by atoms with E-state index in [1.54, 1.807) is 0 Å². The number of aliphatic hydroxyl groups is 1. The Hall–Kier alpha value is -0.910. The van der Waals surface area contributed by atoms with Crippen molar-refractivity contribution < 1.29 is 5.11 Å². The van der Waals surface area contributed by atoms with Gasteiger partial charge >= 0.3 is 0 Å². The van der Waals surface area contributed by atoms with E-state index < -0.39 is 5.60 Å². The number of nitrogens with one attached hydrogen (secondary N) is 1. The summed E-state index contributed by atoms with van der Waals surface area (Å²) in [6.45, 7) is 5.50. The van der Waals surface area contributed by atoms with Crippen molar-refractivity contribution in [2.45, 2.75) is 31.5 Å². The largest absolute Gasteiger partial charge is 0.388 e. The molecule has 0 aliphatic carbocycles. The molecule has 0 atom stereocenters. The predicted octanol–water partition coefficient (Wildman–Crippen LogP) is -0.187.